The fourth-order valence-electron chi connectivity index (χ4n) is 2.39. The smallest absolute Gasteiger partial charge is 0.321 e. The molecule has 0 aliphatic heterocycles. The highest BCUT2D eigenvalue weighted by molar-refractivity contribution is 5.88. The number of aryl methyl sites for hydroxylation is 1. The highest BCUT2D eigenvalue weighted by Gasteiger charge is 2.22. The first-order valence-electron chi connectivity index (χ1n) is 7.48. The van der Waals surface area contributed by atoms with E-state index in [0.717, 1.165) is 16.9 Å². The van der Waals surface area contributed by atoms with Crippen LogP contribution < -0.4 is 10.6 Å². The lowest BCUT2D eigenvalue weighted by Gasteiger charge is -2.20. The van der Waals surface area contributed by atoms with Crippen molar-refractivity contribution >= 4 is 22.9 Å². The van der Waals surface area contributed by atoms with Gasteiger partial charge in [0.1, 0.15) is 11.6 Å². The van der Waals surface area contributed by atoms with Crippen LogP contribution >= 0.6 is 0 Å². The number of rotatable bonds is 4. The number of carbonyl (C=O) groups is 1. The molecule has 1 atom stereocenters. The Bertz CT molecular complexity index is 788. The minimum absolute atomic E-state index is 0.167. The largest absolute Gasteiger partial charge is 0.360 e. The summed E-state index contributed by atoms with van der Waals surface area (Å²) in [6.07, 6.45) is 0. The number of urea groups is 1. The van der Waals surface area contributed by atoms with Gasteiger partial charge in [0, 0.05) is 6.07 Å². The number of amides is 2. The van der Waals surface area contributed by atoms with Gasteiger partial charge in [0.25, 0.3) is 0 Å². The first-order chi connectivity index (χ1) is 11.0. The Balaban J connectivity index is 1.77. The van der Waals surface area contributed by atoms with Crippen molar-refractivity contribution in [2.45, 2.75) is 26.8 Å². The summed E-state index contributed by atoms with van der Waals surface area (Å²) in [5, 5.41) is 9.33. The molecule has 0 saturated carbocycles. The molecule has 23 heavy (non-hydrogen) atoms. The Kier molecular flexibility index (Phi) is 4.01. The van der Waals surface area contributed by atoms with E-state index in [-0.39, 0.29) is 18.0 Å². The van der Waals surface area contributed by atoms with Crippen molar-refractivity contribution in [1.29, 1.82) is 0 Å². The molecule has 0 aliphatic carbocycles. The molecule has 120 valence electrons. The Morgan fingerprint density at radius 1 is 1.30 bits per heavy atom. The molecule has 2 heterocycles. The molecule has 7 heteroatoms. The topological polar surface area (TPSA) is 95.8 Å². The van der Waals surface area contributed by atoms with Crippen LogP contribution in [0.25, 0.3) is 11.0 Å². The van der Waals surface area contributed by atoms with Gasteiger partial charge >= 0.3 is 6.03 Å². The zero-order valence-corrected chi connectivity index (χ0v) is 13.3. The maximum atomic E-state index is 12.2. The Morgan fingerprint density at radius 2 is 2.09 bits per heavy atom. The number of aromatic amines is 1. The van der Waals surface area contributed by atoms with Crippen LogP contribution in [0.4, 0.5) is 10.6 Å². The third-order valence-corrected chi connectivity index (χ3v) is 3.53. The molecule has 0 unspecified atom stereocenters. The average molecular weight is 313 g/mol. The summed E-state index contributed by atoms with van der Waals surface area (Å²) >= 11 is 0. The van der Waals surface area contributed by atoms with Crippen LogP contribution in [0.5, 0.6) is 0 Å². The number of benzene rings is 1. The lowest BCUT2D eigenvalue weighted by molar-refractivity contribution is 0.243. The van der Waals surface area contributed by atoms with E-state index in [9.17, 15) is 4.79 Å². The standard InChI is InChI=1S/C16H19N5O2/c1-9(2)14(15-17-11-6-4-5-7-12(11)18-15)20-16(22)19-13-8-10(3)23-21-13/h4-9,14H,1-3H3,(H,17,18)(H2,19,20,21,22)/t14-/m0/s1. The van der Waals surface area contributed by atoms with Gasteiger partial charge in [-0.1, -0.05) is 31.1 Å². The quantitative estimate of drug-likeness (QED) is 0.688. The SMILES string of the molecule is Cc1cc(NC(=O)N[C@H](c2nc3ccccc3[nH]2)C(C)C)no1. The van der Waals surface area contributed by atoms with Crippen molar-refractivity contribution in [3.05, 3.63) is 41.9 Å². The second-order valence-corrected chi connectivity index (χ2v) is 5.78. The van der Waals surface area contributed by atoms with Crippen molar-refractivity contribution < 1.29 is 9.32 Å². The van der Waals surface area contributed by atoms with Gasteiger partial charge in [-0.3, -0.25) is 5.32 Å². The van der Waals surface area contributed by atoms with Crippen LogP contribution in [0.2, 0.25) is 0 Å². The minimum atomic E-state index is -0.350. The van der Waals surface area contributed by atoms with Gasteiger partial charge < -0.3 is 14.8 Å². The fourth-order valence-corrected chi connectivity index (χ4v) is 2.39. The molecule has 0 bridgehead atoms. The number of aromatic nitrogens is 3. The molecular formula is C16H19N5O2. The Morgan fingerprint density at radius 3 is 2.74 bits per heavy atom. The Labute approximate surface area is 133 Å². The highest BCUT2D eigenvalue weighted by atomic mass is 16.5. The number of para-hydroxylation sites is 2. The van der Waals surface area contributed by atoms with E-state index >= 15 is 0 Å². The number of nitrogens with zero attached hydrogens (tertiary/aromatic N) is 2. The number of anilines is 1. The van der Waals surface area contributed by atoms with Gasteiger partial charge in [0.15, 0.2) is 5.82 Å². The number of carbonyl (C=O) groups excluding carboxylic acids is 1. The molecule has 3 aromatic rings. The lowest BCUT2D eigenvalue weighted by Crippen LogP contribution is -2.35. The Hall–Kier alpha value is -2.83. The summed E-state index contributed by atoms with van der Waals surface area (Å²) < 4.78 is 4.93. The molecule has 0 aliphatic rings. The van der Waals surface area contributed by atoms with Crippen LogP contribution in [0.1, 0.15) is 31.5 Å². The number of H-pyrrole nitrogens is 1. The van der Waals surface area contributed by atoms with E-state index in [1.165, 1.54) is 0 Å². The molecular weight excluding hydrogens is 294 g/mol. The van der Waals surface area contributed by atoms with Gasteiger partial charge in [0.2, 0.25) is 0 Å². The van der Waals surface area contributed by atoms with Gasteiger partial charge in [0.05, 0.1) is 17.1 Å². The van der Waals surface area contributed by atoms with Crippen LogP contribution in [-0.4, -0.2) is 21.2 Å². The van der Waals surface area contributed by atoms with Crippen molar-refractivity contribution in [1.82, 2.24) is 20.4 Å². The van der Waals surface area contributed by atoms with E-state index in [4.69, 9.17) is 4.52 Å². The minimum Gasteiger partial charge on any atom is -0.360 e. The predicted molar refractivity (Wildman–Crippen MR) is 87.1 cm³/mol. The number of nitrogens with one attached hydrogen (secondary N) is 3. The number of imidazole rings is 1. The normalized spacial score (nSPS) is 12.5. The molecule has 0 fully saturated rings. The van der Waals surface area contributed by atoms with Gasteiger partial charge in [-0.25, -0.2) is 9.78 Å². The molecule has 1 aromatic carbocycles. The number of fused-ring (bicyclic) bond motifs is 1. The molecule has 7 nitrogen and oxygen atoms in total. The number of hydrogen-bond donors (Lipinski definition) is 3. The number of hydrogen-bond acceptors (Lipinski definition) is 4. The summed E-state index contributed by atoms with van der Waals surface area (Å²) in [5.74, 6) is 1.91. The molecule has 2 amide bonds. The first kappa shape index (κ1) is 15.1. The third-order valence-electron chi connectivity index (χ3n) is 3.53. The van der Waals surface area contributed by atoms with Crippen LogP contribution in [-0.2, 0) is 0 Å². The zero-order chi connectivity index (χ0) is 16.4. The summed E-state index contributed by atoms with van der Waals surface area (Å²) in [6.45, 7) is 5.82. The fraction of sp³-hybridized carbons (Fsp3) is 0.312. The molecule has 0 radical (unpaired) electrons. The van der Waals surface area contributed by atoms with Crippen LogP contribution in [0.15, 0.2) is 34.9 Å². The zero-order valence-electron chi connectivity index (χ0n) is 13.3. The van der Waals surface area contributed by atoms with E-state index < -0.39 is 0 Å². The lowest BCUT2D eigenvalue weighted by atomic mass is 10.0. The van der Waals surface area contributed by atoms with E-state index in [2.05, 4.69) is 25.8 Å². The van der Waals surface area contributed by atoms with E-state index in [1.54, 1.807) is 13.0 Å². The molecule has 2 aromatic heterocycles. The summed E-state index contributed by atoms with van der Waals surface area (Å²) in [7, 11) is 0. The van der Waals surface area contributed by atoms with Gasteiger partial charge in [-0.2, -0.15) is 0 Å². The molecule has 0 saturated heterocycles. The van der Waals surface area contributed by atoms with E-state index in [0.29, 0.717) is 11.6 Å². The molecule has 3 N–H and O–H groups in total. The summed E-state index contributed by atoms with van der Waals surface area (Å²) in [4.78, 5) is 20.0. The van der Waals surface area contributed by atoms with Crippen LogP contribution in [0.3, 0.4) is 0 Å². The second kappa shape index (κ2) is 6.12. The first-order valence-corrected chi connectivity index (χ1v) is 7.48. The third kappa shape index (κ3) is 3.33. The monoisotopic (exact) mass is 313 g/mol. The van der Waals surface area contributed by atoms with Crippen molar-refractivity contribution in [3.8, 4) is 0 Å². The van der Waals surface area contributed by atoms with Gasteiger partial charge in [-0.15, -0.1) is 0 Å². The maximum absolute atomic E-state index is 12.2. The molecule has 3 rings (SSSR count). The predicted octanol–water partition coefficient (Wildman–Crippen LogP) is 3.38. The van der Waals surface area contributed by atoms with Gasteiger partial charge in [-0.05, 0) is 25.0 Å². The van der Waals surface area contributed by atoms with E-state index in [1.807, 2.05) is 38.1 Å². The van der Waals surface area contributed by atoms with Crippen LogP contribution in [0, 0.1) is 12.8 Å². The van der Waals surface area contributed by atoms with Crippen molar-refractivity contribution in [2.24, 2.45) is 5.92 Å². The summed E-state index contributed by atoms with van der Waals surface area (Å²) in [6, 6.07) is 8.84. The molecule has 0 spiro atoms. The maximum Gasteiger partial charge on any atom is 0.321 e. The second-order valence-electron chi connectivity index (χ2n) is 5.78. The van der Waals surface area contributed by atoms with Crippen molar-refractivity contribution in [2.75, 3.05) is 5.32 Å². The van der Waals surface area contributed by atoms with Crippen molar-refractivity contribution in [3.63, 3.8) is 0 Å². The average Bonchev–Trinajstić information content (AvgIpc) is 3.10. The highest BCUT2D eigenvalue weighted by Crippen LogP contribution is 2.22. The summed E-state index contributed by atoms with van der Waals surface area (Å²) in [5.41, 5.74) is 1.82.